The molecule has 1 saturated carbocycles. The zero-order valence-electron chi connectivity index (χ0n) is 21.3. The van der Waals surface area contributed by atoms with Gasteiger partial charge >= 0.3 is 0 Å². The molecule has 2 aromatic carbocycles. The van der Waals surface area contributed by atoms with Crippen molar-refractivity contribution in [3.05, 3.63) is 83.2 Å². The number of nitrogens with zero attached hydrogens (tertiary/aromatic N) is 3. The lowest BCUT2D eigenvalue weighted by molar-refractivity contribution is -0.119. The van der Waals surface area contributed by atoms with E-state index in [1.54, 1.807) is 0 Å². The summed E-state index contributed by atoms with van der Waals surface area (Å²) >= 11 is 6.02. The molecule has 0 bridgehead atoms. The first-order valence-electron chi connectivity index (χ1n) is 11.9. The first-order valence-corrected chi connectivity index (χ1v) is 12.3. The number of nitrogens with one attached hydrogen (secondary N) is 1. The Labute approximate surface area is 236 Å². The van der Waals surface area contributed by atoms with Gasteiger partial charge in [0.25, 0.3) is 17.7 Å². The van der Waals surface area contributed by atoms with Crippen LogP contribution in [0.2, 0.25) is 5.02 Å². The molecular weight excluding hydrogens is 570 g/mol. The Morgan fingerprint density at radius 2 is 1.85 bits per heavy atom. The smallest absolute Gasteiger partial charge is 0.265 e. The second kappa shape index (κ2) is 11.8. The summed E-state index contributed by atoms with van der Waals surface area (Å²) in [6.45, 7) is -0.441. The normalized spacial score (nSPS) is 15.6. The second-order valence-corrected chi connectivity index (χ2v) is 9.44. The molecule has 0 saturated heterocycles. The summed E-state index contributed by atoms with van der Waals surface area (Å²) in [7, 11) is 1.29. The summed E-state index contributed by atoms with van der Waals surface area (Å²) in [5, 5.41) is 2.31. The Balaban J connectivity index is 1.58. The van der Waals surface area contributed by atoms with Gasteiger partial charge in [0.05, 0.1) is 0 Å². The number of pyridine rings is 1. The highest BCUT2D eigenvalue weighted by Gasteiger charge is 2.57. The van der Waals surface area contributed by atoms with Gasteiger partial charge in [0.2, 0.25) is 6.41 Å². The molecule has 1 aliphatic rings. The van der Waals surface area contributed by atoms with Crippen LogP contribution in [0.3, 0.4) is 0 Å². The van der Waals surface area contributed by atoms with E-state index in [0.29, 0.717) is 0 Å². The number of carbonyl (C=O) groups excluding carboxylic acids is 3. The molecule has 1 unspecified atom stereocenters. The number of alkyl halides is 2. The highest BCUT2D eigenvalue weighted by atomic mass is 35.5. The monoisotopic (exact) mass is 591 g/mol. The van der Waals surface area contributed by atoms with Gasteiger partial charge in [0.15, 0.2) is 17.3 Å². The van der Waals surface area contributed by atoms with Crippen LogP contribution in [0.4, 0.5) is 34.8 Å². The molecular formula is C27H22ClF4N5O4. The van der Waals surface area contributed by atoms with Gasteiger partial charge in [0.1, 0.15) is 22.2 Å². The standard InChI is InChI=1S/C27H22ClF4N5O4/c1-36(18-5-2-16(29)3-6-18)26(40)19(13-37(14-38)12-15-11-27(15,31)32)25(39)35-17-4-7-21(20(30)10-17)41-22-8-9-34-24(33)23(22)28/h2-10,13-15H,11-12H2,1H3,(H2,33,34)(H,35,39)/b19-13-. The molecule has 1 fully saturated rings. The van der Waals surface area contributed by atoms with E-state index < -0.39 is 53.8 Å². The number of halogens is 5. The van der Waals surface area contributed by atoms with Crippen LogP contribution in [-0.2, 0) is 14.4 Å². The number of carbonyl (C=O) groups is 3. The number of nitrogens with two attached hydrogens (primary N) is 1. The van der Waals surface area contributed by atoms with Crippen molar-refractivity contribution in [2.75, 3.05) is 29.5 Å². The maximum absolute atomic E-state index is 14.8. The summed E-state index contributed by atoms with van der Waals surface area (Å²) in [4.78, 5) is 43.7. The number of rotatable bonds is 10. The first-order chi connectivity index (χ1) is 19.4. The molecule has 9 nitrogen and oxygen atoms in total. The number of hydrogen-bond donors (Lipinski definition) is 2. The Kier molecular flexibility index (Phi) is 8.47. The van der Waals surface area contributed by atoms with E-state index in [0.717, 1.165) is 34.2 Å². The maximum atomic E-state index is 14.8. The minimum Gasteiger partial charge on any atom is -0.453 e. The molecule has 1 atom stereocenters. The molecule has 0 aliphatic heterocycles. The van der Waals surface area contributed by atoms with Gasteiger partial charge in [-0.1, -0.05) is 11.6 Å². The Morgan fingerprint density at radius 1 is 1.17 bits per heavy atom. The van der Waals surface area contributed by atoms with Crippen molar-refractivity contribution in [2.24, 2.45) is 5.92 Å². The van der Waals surface area contributed by atoms with Crippen molar-refractivity contribution >= 4 is 47.0 Å². The van der Waals surface area contributed by atoms with E-state index in [1.807, 2.05) is 0 Å². The molecule has 4 rings (SSSR count). The van der Waals surface area contributed by atoms with Gasteiger partial charge in [-0.3, -0.25) is 14.4 Å². The van der Waals surface area contributed by atoms with Crippen molar-refractivity contribution in [1.82, 2.24) is 9.88 Å². The van der Waals surface area contributed by atoms with Crippen molar-refractivity contribution in [2.45, 2.75) is 12.3 Å². The van der Waals surface area contributed by atoms with E-state index in [-0.39, 0.29) is 40.1 Å². The third-order valence-corrected chi connectivity index (χ3v) is 6.48. The zero-order chi connectivity index (χ0) is 29.9. The molecule has 1 aromatic heterocycles. The van der Waals surface area contributed by atoms with E-state index in [2.05, 4.69) is 10.3 Å². The topological polar surface area (TPSA) is 118 Å². The van der Waals surface area contributed by atoms with Crippen LogP contribution in [0.15, 0.2) is 66.5 Å². The molecule has 0 spiro atoms. The number of nitrogen functional groups attached to an aromatic ring is 1. The van der Waals surface area contributed by atoms with E-state index in [4.69, 9.17) is 22.1 Å². The highest BCUT2D eigenvalue weighted by molar-refractivity contribution is 6.34. The number of anilines is 3. The van der Waals surface area contributed by atoms with Crippen LogP contribution < -0.4 is 20.7 Å². The lowest BCUT2D eigenvalue weighted by Crippen LogP contribution is -2.35. The van der Waals surface area contributed by atoms with Gasteiger partial charge in [-0.2, -0.15) is 0 Å². The van der Waals surface area contributed by atoms with Crippen molar-refractivity contribution < 1.29 is 36.7 Å². The summed E-state index contributed by atoms with van der Waals surface area (Å²) in [6, 6.07) is 9.46. The predicted octanol–water partition coefficient (Wildman–Crippen LogP) is 4.99. The summed E-state index contributed by atoms with van der Waals surface area (Å²) < 4.78 is 60.6. The van der Waals surface area contributed by atoms with Gasteiger partial charge in [-0.15, -0.1) is 0 Å². The zero-order valence-corrected chi connectivity index (χ0v) is 22.0. The summed E-state index contributed by atoms with van der Waals surface area (Å²) in [5.74, 6) is -7.86. The van der Waals surface area contributed by atoms with E-state index in [9.17, 15) is 31.9 Å². The van der Waals surface area contributed by atoms with E-state index in [1.165, 1.54) is 43.6 Å². The molecule has 3 aromatic rings. The molecule has 14 heteroatoms. The minimum absolute atomic E-state index is 0.0298. The van der Waals surface area contributed by atoms with Crippen molar-refractivity contribution in [1.29, 1.82) is 0 Å². The fourth-order valence-electron chi connectivity index (χ4n) is 3.69. The third-order valence-electron chi connectivity index (χ3n) is 6.10. The van der Waals surface area contributed by atoms with Crippen LogP contribution in [0, 0.1) is 17.6 Å². The van der Waals surface area contributed by atoms with Crippen molar-refractivity contribution in [3.8, 4) is 11.5 Å². The number of amides is 3. The molecule has 3 amide bonds. The number of likely N-dealkylation sites (N-methyl/N-ethyl adjacent to an activating group) is 1. The van der Waals surface area contributed by atoms with Crippen LogP contribution >= 0.6 is 11.6 Å². The van der Waals surface area contributed by atoms with Crippen molar-refractivity contribution in [3.63, 3.8) is 0 Å². The third kappa shape index (κ3) is 6.92. The van der Waals surface area contributed by atoms with Gasteiger partial charge in [-0.25, -0.2) is 22.5 Å². The predicted molar refractivity (Wildman–Crippen MR) is 142 cm³/mol. The number of aromatic nitrogens is 1. The minimum atomic E-state index is -2.96. The van der Waals surface area contributed by atoms with Gasteiger partial charge in [-0.05, 0) is 36.4 Å². The molecule has 1 heterocycles. The van der Waals surface area contributed by atoms with Crippen LogP contribution in [-0.4, -0.2) is 47.6 Å². The molecule has 0 radical (unpaired) electrons. The summed E-state index contributed by atoms with van der Waals surface area (Å²) in [6.07, 6.45) is 1.91. The van der Waals surface area contributed by atoms with Gasteiger partial charge < -0.3 is 25.6 Å². The molecule has 41 heavy (non-hydrogen) atoms. The SMILES string of the molecule is CN(C(=O)/C(=C\N(C=O)CC1CC1(F)F)C(=O)Nc1ccc(Oc2ccnc(N)c2Cl)c(F)c1)c1ccc(F)cc1. The second-order valence-electron chi connectivity index (χ2n) is 9.06. The fourth-order valence-corrected chi connectivity index (χ4v) is 3.84. The quantitative estimate of drug-likeness (QED) is 0.113. The molecule has 214 valence electrons. The van der Waals surface area contributed by atoms with Crippen LogP contribution in [0.25, 0.3) is 0 Å². The Bertz CT molecular complexity index is 1520. The average Bonchev–Trinajstić information content (AvgIpc) is 3.55. The van der Waals surface area contributed by atoms with Crippen LogP contribution in [0.5, 0.6) is 11.5 Å². The average molecular weight is 592 g/mol. The lowest BCUT2D eigenvalue weighted by atomic mass is 10.2. The van der Waals surface area contributed by atoms with Gasteiger partial charge in [0, 0.05) is 61.8 Å². The Morgan fingerprint density at radius 3 is 2.46 bits per heavy atom. The Hall–Kier alpha value is -4.65. The highest BCUT2D eigenvalue weighted by Crippen LogP contribution is 2.48. The number of benzene rings is 2. The molecule has 3 N–H and O–H groups in total. The maximum Gasteiger partial charge on any atom is 0.265 e. The lowest BCUT2D eigenvalue weighted by Gasteiger charge is -2.21. The number of hydrogen-bond acceptors (Lipinski definition) is 6. The largest absolute Gasteiger partial charge is 0.453 e. The number of ether oxygens (including phenoxy) is 1. The summed E-state index contributed by atoms with van der Waals surface area (Å²) in [5.41, 5.74) is 5.08. The first kappa shape index (κ1) is 29.3. The fraction of sp³-hybridized carbons (Fsp3) is 0.185. The molecule has 1 aliphatic carbocycles. The van der Waals surface area contributed by atoms with Crippen LogP contribution in [0.1, 0.15) is 6.42 Å². The van der Waals surface area contributed by atoms with E-state index >= 15 is 0 Å².